The van der Waals surface area contributed by atoms with Crippen molar-refractivity contribution in [3.8, 4) is 17.0 Å². The first-order valence-electron chi connectivity index (χ1n) is 11.8. The zero-order valence-corrected chi connectivity index (χ0v) is 22.5. The molecule has 0 atom stereocenters. The third kappa shape index (κ3) is 5.90. The topological polar surface area (TPSA) is 89.4 Å². The van der Waals surface area contributed by atoms with Gasteiger partial charge >= 0.3 is 0 Å². The fraction of sp³-hybridized carbons (Fsp3) is 0.214. The zero-order chi connectivity index (χ0) is 26.6. The second kappa shape index (κ2) is 11.0. The van der Waals surface area contributed by atoms with Crippen LogP contribution in [-0.2, 0) is 23.6 Å². The Morgan fingerprint density at radius 3 is 2.46 bits per heavy atom. The van der Waals surface area contributed by atoms with Gasteiger partial charge in [0.2, 0.25) is 10.0 Å². The third-order valence-electron chi connectivity index (χ3n) is 6.16. The van der Waals surface area contributed by atoms with Gasteiger partial charge in [0.1, 0.15) is 11.6 Å². The van der Waals surface area contributed by atoms with E-state index in [0.29, 0.717) is 22.8 Å². The first-order chi connectivity index (χ1) is 17.7. The number of nitrogens with zero attached hydrogens (tertiary/aromatic N) is 4. The molecule has 0 saturated heterocycles. The molecule has 192 valence electrons. The number of sulfonamides is 1. The molecular formula is C28H31N5O3S. The van der Waals surface area contributed by atoms with Gasteiger partial charge in [-0.2, -0.15) is 4.31 Å². The molecule has 9 heteroatoms. The van der Waals surface area contributed by atoms with Crippen molar-refractivity contribution >= 4 is 27.1 Å². The molecule has 37 heavy (non-hydrogen) atoms. The summed E-state index contributed by atoms with van der Waals surface area (Å²) in [5.41, 5.74) is 5.06. The Kier molecular flexibility index (Phi) is 7.75. The van der Waals surface area contributed by atoms with E-state index in [9.17, 15) is 8.42 Å². The first kappa shape index (κ1) is 26.1. The molecule has 2 heterocycles. The molecule has 0 aliphatic rings. The minimum atomic E-state index is -3.77. The minimum absolute atomic E-state index is 0.182. The molecule has 1 N–H and O–H groups in total. The molecule has 0 radical (unpaired) electrons. The number of nitrogens with one attached hydrogen (secondary N) is 1. The van der Waals surface area contributed by atoms with Crippen molar-refractivity contribution in [1.82, 2.24) is 18.8 Å². The van der Waals surface area contributed by atoms with Crippen LogP contribution in [0.4, 0.5) is 11.5 Å². The Labute approximate surface area is 218 Å². The zero-order valence-electron chi connectivity index (χ0n) is 21.6. The van der Waals surface area contributed by atoms with E-state index >= 15 is 0 Å². The van der Waals surface area contributed by atoms with Gasteiger partial charge in [0.15, 0.2) is 0 Å². The summed E-state index contributed by atoms with van der Waals surface area (Å²) in [5, 5.41) is 3.32. The molecule has 0 aliphatic heterocycles. The normalized spacial score (nSPS) is 12.1. The van der Waals surface area contributed by atoms with Gasteiger partial charge in [0.25, 0.3) is 0 Å². The van der Waals surface area contributed by atoms with Crippen molar-refractivity contribution in [2.24, 2.45) is 7.05 Å². The predicted molar refractivity (Wildman–Crippen MR) is 147 cm³/mol. The second-order valence-electron chi connectivity index (χ2n) is 8.77. The average Bonchev–Trinajstić information content (AvgIpc) is 3.35. The molecule has 0 fully saturated rings. The summed E-state index contributed by atoms with van der Waals surface area (Å²) in [5.74, 6) is 1.37. The Morgan fingerprint density at radius 2 is 1.86 bits per heavy atom. The Hall–Kier alpha value is -3.95. The van der Waals surface area contributed by atoms with Crippen LogP contribution in [0.3, 0.4) is 0 Å². The summed E-state index contributed by atoms with van der Waals surface area (Å²) in [6, 6.07) is 16.3. The van der Waals surface area contributed by atoms with E-state index in [4.69, 9.17) is 4.74 Å². The molecule has 0 saturated carbocycles. The Morgan fingerprint density at radius 1 is 1.11 bits per heavy atom. The fourth-order valence-electron chi connectivity index (χ4n) is 3.82. The van der Waals surface area contributed by atoms with Crippen molar-refractivity contribution in [1.29, 1.82) is 0 Å². The SMILES string of the molecule is C/C=C(\C)c1ccc(Nc2ccc(S(=O)(=O)N(C)Cc3ccc(OC)cc3)cc2-c2cn(C)cn2)nc1. The number of hydrogen-bond acceptors (Lipinski definition) is 6. The standard InChI is InChI=1S/C28H31N5O3S/c1-6-20(2)22-9-14-28(29-16-22)31-26-13-12-24(15-25(26)27-18-32(3)19-30-27)37(34,35)33(4)17-21-7-10-23(36-5)11-8-21/h6-16,18-19H,17H2,1-5H3,(H,29,31)/b20-6+. The van der Waals surface area contributed by atoms with Crippen LogP contribution in [0.2, 0.25) is 0 Å². The van der Waals surface area contributed by atoms with Crippen LogP contribution in [0.15, 0.2) is 84.3 Å². The quantitative estimate of drug-likeness (QED) is 0.316. The maximum absolute atomic E-state index is 13.5. The monoisotopic (exact) mass is 517 g/mol. The molecule has 0 aliphatic carbocycles. The lowest BCUT2D eigenvalue weighted by atomic mass is 10.1. The van der Waals surface area contributed by atoms with E-state index < -0.39 is 10.0 Å². The molecule has 4 aromatic rings. The number of pyridine rings is 1. The number of rotatable bonds is 9. The fourth-order valence-corrected chi connectivity index (χ4v) is 5.00. The summed E-state index contributed by atoms with van der Waals surface area (Å²) < 4.78 is 35.3. The van der Waals surface area contributed by atoms with Gasteiger partial charge in [-0.1, -0.05) is 18.2 Å². The number of allylic oxidation sites excluding steroid dienone is 2. The van der Waals surface area contributed by atoms with Gasteiger partial charge in [-0.3, -0.25) is 0 Å². The van der Waals surface area contributed by atoms with Crippen LogP contribution in [0.5, 0.6) is 5.75 Å². The molecule has 8 nitrogen and oxygen atoms in total. The largest absolute Gasteiger partial charge is 0.497 e. The van der Waals surface area contributed by atoms with Gasteiger partial charge in [-0.25, -0.2) is 18.4 Å². The summed E-state index contributed by atoms with van der Waals surface area (Å²) in [4.78, 5) is 9.17. The first-order valence-corrected chi connectivity index (χ1v) is 13.2. The summed E-state index contributed by atoms with van der Waals surface area (Å²) >= 11 is 0. The summed E-state index contributed by atoms with van der Waals surface area (Å²) in [6.07, 6.45) is 7.38. The number of methoxy groups -OCH3 is 1. The van der Waals surface area contributed by atoms with E-state index in [1.165, 1.54) is 4.31 Å². The molecule has 0 bridgehead atoms. The lowest BCUT2D eigenvalue weighted by Gasteiger charge is -2.19. The predicted octanol–water partition coefficient (Wildman–Crippen LogP) is 5.48. The van der Waals surface area contributed by atoms with Crippen LogP contribution < -0.4 is 10.1 Å². The molecule has 0 unspecified atom stereocenters. The number of anilines is 2. The smallest absolute Gasteiger partial charge is 0.243 e. The Balaban J connectivity index is 1.65. The summed E-state index contributed by atoms with van der Waals surface area (Å²) in [6.45, 7) is 4.26. The lowest BCUT2D eigenvalue weighted by molar-refractivity contribution is 0.414. The second-order valence-corrected chi connectivity index (χ2v) is 10.8. The van der Waals surface area contributed by atoms with Crippen molar-refractivity contribution in [3.05, 3.63) is 90.5 Å². The van der Waals surface area contributed by atoms with Gasteiger partial charge < -0.3 is 14.6 Å². The van der Waals surface area contributed by atoms with E-state index in [1.54, 1.807) is 38.7 Å². The third-order valence-corrected chi connectivity index (χ3v) is 7.96. The number of imidazole rings is 1. The highest BCUT2D eigenvalue weighted by atomic mass is 32.2. The molecule has 4 rings (SSSR count). The number of aromatic nitrogens is 3. The molecule has 2 aromatic heterocycles. The van der Waals surface area contributed by atoms with Crippen LogP contribution in [-0.4, -0.2) is 41.4 Å². The van der Waals surface area contributed by atoms with Gasteiger partial charge in [0, 0.05) is 44.3 Å². The van der Waals surface area contributed by atoms with Crippen molar-refractivity contribution in [3.63, 3.8) is 0 Å². The van der Waals surface area contributed by atoms with Gasteiger partial charge in [0.05, 0.1) is 24.0 Å². The highest BCUT2D eigenvalue weighted by molar-refractivity contribution is 7.89. The minimum Gasteiger partial charge on any atom is -0.497 e. The average molecular weight is 518 g/mol. The maximum atomic E-state index is 13.5. The van der Waals surface area contributed by atoms with Gasteiger partial charge in [-0.15, -0.1) is 0 Å². The number of ether oxygens (including phenoxy) is 1. The van der Waals surface area contributed by atoms with E-state index in [1.807, 2.05) is 80.3 Å². The van der Waals surface area contributed by atoms with Crippen molar-refractivity contribution in [2.45, 2.75) is 25.3 Å². The number of hydrogen-bond donors (Lipinski definition) is 1. The van der Waals surface area contributed by atoms with Gasteiger partial charge in [-0.05, 0) is 73.0 Å². The highest BCUT2D eigenvalue weighted by Crippen LogP contribution is 2.32. The van der Waals surface area contributed by atoms with Crippen LogP contribution in [0.25, 0.3) is 16.8 Å². The lowest BCUT2D eigenvalue weighted by Crippen LogP contribution is -2.26. The maximum Gasteiger partial charge on any atom is 0.243 e. The van der Waals surface area contributed by atoms with Crippen LogP contribution >= 0.6 is 0 Å². The molecule has 2 aromatic carbocycles. The number of aryl methyl sites for hydroxylation is 1. The Bertz CT molecular complexity index is 1510. The molecular weight excluding hydrogens is 486 g/mol. The van der Waals surface area contributed by atoms with Crippen LogP contribution in [0.1, 0.15) is 25.0 Å². The van der Waals surface area contributed by atoms with Crippen molar-refractivity contribution in [2.75, 3.05) is 19.5 Å². The van der Waals surface area contributed by atoms with E-state index in [0.717, 1.165) is 22.4 Å². The highest BCUT2D eigenvalue weighted by Gasteiger charge is 2.23. The van der Waals surface area contributed by atoms with E-state index in [-0.39, 0.29) is 11.4 Å². The molecule has 0 spiro atoms. The van der Waals surface area contributed by atoms with E-state index in [2.05, 4.69) is 15.3 Å². The number of benzene rings is 2. The van der Waals surface area contributed by atoms with Crippen LogP contribution in [0, 0.1) is 0 Å². The van der Waals surface area contributed by atoms with Crippen molar-refractivity contribution < 1.29 is 13.2 Å². The molecule has 0 amide bonds. The summed E-state index contributed by atoms with van der Waals surface area (Å²) in [7, 11) is 1.28.